The predicted octanol–water partition coefficient (Wildman–Crippen LogP) is 2.38. The van der Waals surface area contributed by atoms with Crippen molar-refractivity contribution in [3.63, 3.8) is 0 Å². The minimum absolute atomic E-state index is 0.0263. The van der Waals surface area contributed by atoms with Crippen molar-refractivity contribution in [3.8, 4) is 5.75 Å². The van der Waals surface area contributed by atoms with Gasteiger partial charge in [0.05, 0.1) is 7.11 Å². The van der Waals surface area contributed by atoms with Gasteiger partial charge in [0.1, 0.15) is 11.8 Å². The van der Waals surface area contributed by atoms with Gasteiger partial charge >= 0.3 is 5.97 Å². The first-order chi connectivity index (χ1) is 11.8. The summed E-state index contributed by atoms with van der Waals surface area (Å²) in [7, 11) is 6.71. The number of carbonyl (C=O) groups excluding carboxylic acids is 1. The zero-order chi connectivity index (χ0) is 18.6. The van der Waals surface area contributed by atoms with E-state index in [0.717, 1.165) is 16.5 Å². The highest BCUT2D eigenvalue weighted by atomic mass is 16.5. The molecule has 1 amide bonds. The number of methoxy groups -OCH3 is 1. The average molecular weight is 344 g/mol. The number of amides is 1. The highest BCUT2D eigenvalue weighted by molar-refractivity contribution is 5.86. The fraction of sp³-hybridized carbons (Fsp3) is 0.368. The van der Waals surface area contributed by atoms with Crippen molar-refractivity contribution >= 4 is 22.6 Å². The Kier molecular flexibility index (Phi) is 5.98. The van der Waals surface area contributed by atoms with Gasteiger partial charge in [-0.1, -0.05) is 18.2 Å². The van der Waals surface area contributed by atoms with Crippen molar-refractivity contribution in [2.24, 2.45) is 0 Å². The molecule has 0 radical (unpaired) electrons. The second-order valence-electron chi connectivity index (χ2n) is 6.23. The highest BCUT2D eigenvalue weighted by Gasteiger charge is 2.25. The molecule has 0 aromatic heterocycles. The third-order valence-corrected chi connectivity index (χ3v) is 4.24. The number of benzene rings is 2. The number of hydrogen-bond acceptors (Lipinski definition) is 4. The van der Waals surface area contributed by atoms with Gasteiger partial charge in [0.25, 0.3) is 0 Å². The summed E-state index contributed by atoms with van der Waals surface area (Å²) in [6, 6.07) is 10.4. The lowest BCUT2D eigenvalue weighted by Crippen LogP contribution is -2.34. The summed E-state index contributed by atoms with van der Waals surface area (Å²) >= 11 is 0. The number of rotatable bonds is 7. The molecule has 0 fully saturated rings. The van der Waals surface area contributed by atoms with Gasteiger partial charge in [0.15, 0.2) is 0 Å². The molecule has 2 rings (SSSR count). The molecule has 6 heteroatoms. The molecule has 2 aromatic carbocycles. The molecule has 0 saturated carbocycles. The number of carbonyl (C=O) groups is 2. The van der Waals surface area contributed by atoms with Crippen molar-refractivity contribution in [3.05, 3.63) is 42.0 Å². The predicted molar refractivity (Wildman–Crippen MR) is 96.8 cm³/mol. The van der Waals surface area contributed by atoms with Crippen molar-refractivity contribution in [2.45, 2.75) is 12.5 Å². The molecule has 25 heavy (non-hydrogen) atoms. The van der Waals surface area contributed by atoms with Gasteiger partial charge in [-0.3, -0.25) is 14.5 Å². The molecule has 2 aromatic rings. The first kappa shape index (κ1) is 18.7. The van der Waals surface area contributed by atoms with Gasteiger partial charge in [0.2, 0.25) is 5.91 Å². The van der Waals surface area contributed by atoms with E-state index in [0.29, 0.717) is 12.1 Å². The van der Waals surface area contributed by atoms with Gasteiger partial charge in [0, 0.05) is 27.1 Å². The SMILES string of the molecule is COc1ccc2cc(C(C(=O)O)N(C)CCC(=O)N(C)C)ccc2c1. The first-order valence-electron chi connectivity index (χ1n) is 8.04. The summed E-state index contributed by atoms with van der Waals surface area (Å²) < 4.78 is 5.21. The van der Waals surface area contributed by atoms with E-state index >= 15 is 0 Å². The minimum Gasteiger partial charge on any atom is -0.497 e. The van der Waals surface area contributed by atoms with Crippen LogP contribution in [0.15, 0.2) is 36.4 Å². The quantitative estimate of drug-likeness (QED) is 0.835. The van der Waals surface area contributed by atoms with Crippen LogP contribution in [0.3, 0.4) is 0 Å². The number of likely N-dealkylation sites (N-methyl/N-ethyl adjacent to an activating group) is 1. The molecule has 0 saturated heterocycles. The Bertz CT molecular complexity index is 773. The van der Waals surface area contributed by atoms with E-state index in [1.165, 1.54) is 4.90 Å². The van der Waals surface area contributed by atoms with E-state index in [-0.39, 0.29) is 12.3 Å². The van der Waals surface area contributed by atoms with Crippen molar-refractivity contribution < 1.29 is 19.4 Å². The van der Waals surface area contributed by atoms with Gasteiger partial charge in [-0.2, -0.15) is 0 Å². The highest BCUT2D eigenvalue weighted by Crippen LogP contribution is 2.27. The molecule has 0 bridgehead atoms. The van der Waals surface area contributed by atoms with Crippen LogP contribution in [0.5, 0.6) is 5.75 Å². The zero-order valence-electron chi connectivity index (χ0n) is 15.0. The van der Waals surface area contributed by atoms with Crippen LogP contribution < -0.4 is 4.74 Å². The summed E-state index contributed by atoms with van der Waals surface area (Å²) in [5.74, 6) is -0.205. The normalized spacial score (nSPS) is 12.2. The van der Waals surface area contributed by atoms with E-state index in [1.54, 1.807) is 33.2 Å². The Balaban J connectivity index is 2.25. The number of ether oxygens (including phenoxy) is 1. The fourth-order valence-electron chi connectivity index (χ4n) is 2.75. The van der Waals surface area contributed by atoms with Crippen molar-refractivity contribution in [2.75, 3.05) is 34.8 Å². The van der Waals surface area contributed by atoms with Crippen LogP contribution in [0, 0.1) is 0 Å². The first-order valence-corrected chi connectivity index (χ1v) is 8.04. The van der Waals surface area contributed by atoms with Crippen LogP contribution in [0.1, 0.15) is 18.0 Å². The van der Waals surface area contributed by atoms with E-state index < -0.39 is 12.0 Å². The molecule has 134 valence electrons. The standard InChI is InChI=1S/C19H24N2O4/c1-20(2)17(22)9-10-21(3)18(19(23)24)15-6-5-14-12-16(25-4)8-7-13(14)11-15/h5-8,11-12,18H,9-10H2,1-4H3,(H,23,24). The van der Waals surface area contributed by atoms with Crippen molar-refractivity contribution in [1.29, 1.82) is 0 Å². The average Bonchev–Trinajstić information content (AvgIpc) is 2.58. The number of hydrogen-bond donors (Lipinski definition) is 1. The van der Waals surface area contributed by atoms with Gasteiger partial charge in [-0.05, 0) is 41.6 Å². The summed E-state index contributed by atoms with van der Waals surface area (Å²) in [5, 5.41) is 11.6. The molecule has 6 nitrogen and oxygen atoms in total. The lowest BCUT2D eigenvalue weighted by molar-refractivity contribution is -0.143. The summed E-state index contributed by atoms with van der Waals surface area (Å²) in [5.41, 5.74) is 0.685. The molecule has 0 spiro atoms. The van der Waals surface area contributed by atoms with Gasteiger partial charge in [-0.15, -0.1) is 0 Å². The third-order valence-electron chi connectivity index (χ3n) is 4.24. The lowest BCUT2D eigenvalue weighted by atomic mass is 10.0. The van der Waals surface area contributed by atoms with Gasteiger partial charge in [-0.25, -0.2) is 0 Å². The number of carboxylic acid groups (broad SMARTS) is 1. The Labute approximate surface area is 147 Å². The van der Waals surface area contributed by atoms with Crippen LogP contribution in [0.2, 0.25) is 0 Å². The smallest absolute Gasteiger partial charge is 0.325 e. The second-order valence-corrected chi connectivity index (χ2v) is 6.23. The van der Waals surface area contributed by atoms with Gasteiger partial charge < -0.3 is 14.7 Å². The minimum atomic E-state index is -0.937. The number of carboxylic acids is 1. The Morgan fingerprint density at radius 2 is 1.72 bits per heavy atom. The maximum absolute atomic E-state index is 11.8. The van der Waals surface area contributed by atoms with E-state index in [4.69, 9.17) is 4.74 Å². The Morgan fingerprint density at radius 3 is 2.32 bits per heavy atom. The summed E-state index contributed by atoms with van der Waals surface area (Å²) in [6.07, 6.45) is 0.276. The lowest BCUT2D eigenvalue weighted by Gasteiger charge is -2.25. The van der Waals surface area contributed by atoms with Crippen molar-refractivity contribution in [1.82, 2.24) is 9.80 Å². The summed E-state index contributed by atoms with van der Waals surface area (Å²) in [6.45, 7) is 0.370. The molecule has 1 unspecified atom stereocenters. The van der Waals surface area contributed by atoms with Crippen LogP contribution in [0.4, 0.5) is 0 Å². The van der Waals surface area contributed by atoms with Crippen LogP contribution in [-0.2, 0) is 9.59 Å². The van der Waals surface area contributed by atoms with E-state index in [9.17, 15) is 14.7 Å². The Hall–Kier alpha value is -2.60. The fourth-order valence-corrected chi connectivity index (χ4v) is 2.75. The second kappa shape index (κ2) is 7.98. The molecule has 0 heterocycles. The summed E-state index contributed by atoms with van der Waals surface area (Å²) in [4.78, 5) is 26.7. The largest absolute Gasteiger partial charge is 0.497 e. The molecular formula is C19H24N2O4. The van der Waals surface area contributed by atoms with E-state index in [2.05, 4.69) is 0 Å². The molecule has 1 atom stereocenters. The maximum Gasteiger partial charge on any atom is 0.325 e. The number of nitrogens with zero attached hydrogens (tertiary/aromatic N) is 2. The van der Waals surface area contributed by atoms with Crippen LogP contribution in [0.25, 0.3) is 10.8 Å². The zero-order valence-corrected chi connectivity index (χ0v) is 15.0. The monoisotopic (exact) mass is 344 g/mol. The molecular weight excluding hydrogens is 320 g/mol. The third kappa shape index (κ3) is 4.48. The Morgan fingerprint density at radius 1 is 1.08 bits per heavy atom. The van der Waals surface area contributed by atoms with Crippen LogP contribution in [-0.4, -0.2) is 61.6 Å². The molecule has 0 aliphatic heterocycles. The van der Waals surface area contributed by atoms with Crippen LogP contribution >= 0.6 is 0 Å². The molecule has 0 aliphatic rings. The molecule has 0 aliphatic carbocycles. The topological polar surface area (TPSA) is 70.1 Å². The maximum atomic E-state index is 11.8. The molecule has 1 N–H and O–H groups in total. The van der Waals surface area contributed by atoms with E-state index in [1.807, 2.05) is 36.4 Å². The number of fused-ring (bicyclic) bond motifs is 1. The number of aliphatic carboxylic acids is 1.